The van der Waals surface area contributed by atoms with E-state index in [0.717, 1.165) is 45.3 Å². The van der Waals surface area contributed by atoms with Gasteiger partial charge in [0.15, 0.2) is 0 Å². The molecule has 90 valence electrons. The Morgan fingerprint density at radius 1 is 1.62 bits per heavy atom. The lowest BCUT2D eigenvalue weighted by atomic mass is 10.1. The minimum absolute atomic E-state index is 0.137. The van der Waals surface area contributed by atoms with Crippen LogP contribution in [0.1, 0.15) is 36.9 Å². The van der Waals surface area contributed by atoms with Gasteiger partial charge in [0.25, 0.3) is 0 Å². The first-order valence-corrected chi connectivity index (χ1v) is 6.99. The highest BCUT2D eigenvalue weighted by molar-refractivity contribution is 7.09. The summed E-state index contributed by atoms with van der Waals surface area (Å²) < 4.78 is 0. The van der Waals surface area contributed by atoms with Crippen molar-refractivity contribution >= 4 is 11.3 Å². The molecule has 1 aromatic heterocycles. The molecule has 2 heterocycles. The Balaban J connectivity index is 1.87. The van der Waals surface area contributed by atoms with Crippen molar-refractivity contribution < 1.29 is 5.11 Å². The number of piperidine rings is 1. The topological polar surface area (TPSA) is 36.4 Å². The molecule has 3 nitrogen and oxygen atoms in total. The summed E-state index contributed by atoms with van der Waals surface area (Å²) >= 11 is 1.76. The lowest BCUT2D eigenvalue weighted by molar-refractivity contribution is 0.0663. The maximum atomic E-state index is 9.59. The maximum absolute atomic E-state index is 9.59. The van der Waals surface area contributed by atoms with E-state index < -0.39 is 0 Å². The predicted octanol–water partition coefficient (Wildman–Crippen LogP) is 2.05. The van der Waals surface area contributed by atoms with Gasteiger partial charge in [0.05, 0.1) is 16.8 Å². The number of aliphatic hydroxyl groups excluding tert-OH is 1. The van der Waals surface area contributed by atoms with Gasteiger partial charge in [0.2, 0.25) is 0 Å². The van der Waals surface area contributed by atoms with Gasteiger partial charge in [0.1, 0.15) is 0 Å². The Morgan fingerprint density at radius 3 is 3.25 bits per heavy atom. The number of aryl methyl sites for hydroxylation is 1. The number of aromatic nitrogens is 1. The molecule has 1 aliphatic heterocycles. The van der Waals surface area contributed by atoms with Crippen molar-refractivity contribution in [2.45, 2.75) is 45.3 Å². The molecule has 0 aromatic carbocycles. The Kier molecular flexibility index (Phi) is 4.32. The van der Waals surface area contributed by atoms with Gasteiger partial charge in [-0.05, 0) is 32.2 Å². The monoisotopic (exact) mass is 240 g/mol. The van der Waals surface area contributed by atoms with Crippen molar-refractivity contribution in [1.82, 2.24) is 9.88 Å². The molecule has 16 heavy (non-hydrogen) atoms. The molecular formula is C12H20N2OS. The van der Waals surface area contributed by atoms with Gasteiger partial charge in [0, 0.05) is 18.5 Å². The van der Waals surface area contributed by atoms with Gasteiger partial charge < -0.3 is 5.11 Å². The predicted molar refractivity (Wildman–Crippen MR) is 66.6 cm³/mol. The van der Waals surface area contributed by atoms with E-state index >= 15 is 0 Å². The number of thiazole rings is 1. The van der Waals surface area contributed by atoms with Crippen molar-refractivity contribution in [3.8, 4) is 0 Å². The molecule has 0 bridgehead atoms. The maximum Gasteiger partial charge on any atom is 0.0928 e. The van der Waals surface area contributed by atoms with E-state index in [1.807, 2.05) is 0 Å². The molecule has 0 spiro atoms. The summed E-state index contributed by atoms with van der Waals surface area (Å²) in [5.41, 5.74) is 1.17. The van der Waals surface area contributed by atoms with Crippen LogP contribution in [0.4, 0.5) is 0 Å². The molecule has 0 radical (unpaired) electrons. The summed E-state index contributed by atoms with van der Waals surface area (Å²) in [4.78, 5) is 6.92. The minimum Gasteiger partial charge on any atom is -0.392 e. The fourth-order valence-corrected chi connectivity index (χ4v) is 3.05. The quantitative estimate of drug-likeness (QED) is 0.875. The lowest BCUT2D eigenvalue weighted by Crippen LogP contribution is -2.37. The Labute approximate surface area is 101 Å². The molecule has 1 saturated heterocycles. The first kappa shape index (κ1) is 12.0. The van der Waals surface area contributed by atoms with Gasteiger partial charge in [-0.25, -0.2) is 4.98 Å². The summed E-state index contributed by atoms with van der Waals surface area (Å²) in [5, 5.41) is 13.0. The van der Waals surface area contributed by atoms with E-state index in [0.29, 0.717) is 0 Å². The van der Waals surface area contributed by atoms with Crippen molar-refractivity contribution in [2.75, 3.05) is 13.1 Å². The van der Waals surface area contributed by atoms with E-state index in [2.05, 4.69) is 22.2 Å². The van der Waals surface area contributed by atoms with E-state index in [4.69, 9.17) is 0 Å². The summed E-state index contributed by atoms with van der Waals surface area (Å²) in [5.74, 6) is 0. The third-order valence-electron chi connectivity index (χ3n) is 2.93. The van der Waals surface area contributed by atoms with Gasteiger partial charge in [-0.1, -0.05) is 6.92 Å². The average Bonchev–Trinajstić information content (AvgIpc) is 2.66. The molecule has 1 atom stereocenters. The fourth-order valence-electron chi connectivity index (χ4n) is 2.15. The van der Waals surface area contributed by atoms with Crippen LogP contribution in [0, 0.1) is 0 Å². The average molecular weight is 240 g/mol. The van der Waals surface area contributed by atoms with Gasteiger partial charge in [-0.2, -0.15) is 0 Å². The number of rotatable bonds is 4. The molecule has 1 fully saturated rings. The van der Waals surface area contributed by atoms with Crippen LogP contribution >= 0.6 is 11.3 Å². The Bertz CT molecular complexity index is 327. The molecule has 0 unspecified atom stereocenters. The summed E-state index contributed by atoms with van der Waals surface area (Å²) in [6, 6.07) is 0. The highest BCUT2D eigenvalue weighted by atomic mass is 32.1. The molecule has 2 rings (SSSR count). The second-order valence-electron chi connectivity index (χ2n) is 4.51. The summed E-state index contributed by atoms with van der Waals surface area (Å²) in [6.07, 6.45) is 4.17. The van der Waals surface area contributed by atoms with Gasteiger partial charge in [-0.15, -0.1) is 11.3 Å². The van der Waals surface area contributed by atoms with Crippen molar-refractivity contribution in [2.24, 2.45) is 0 Å². The van der Waals surface area contributed by atoms with Gasteiger partial charge in [-0.3, -0.25) is 4.90 Å². The van der Waals surface area contributed by atoms with Crippen LogP contribution in [-0.2, 0) is 13.0 Å². The Hall–Kier alpha value is -0.450. The van der Waals surface area contributed by atoms with Crippen molar-refractivity contribution in [3.63, 3.8) is 0 Å². The van der Waals surface area contributed by atoms with E-state index in [1.54, 1.807) is 11.3 Å². The third-order valence-corrected chi connectivity index (χ3v) is 3.89. The fraction of sp³-hybridized carbons (Fsp3) is 0.750. The zero-order valence-corrected chi connectivity index (χ0v) is 10.7. The van der Waals surface area contributed by atoms with Crippen molar-refractivity contribution in [3.05, 3.63) is 16.1 Å². The largest absolute Gasteiger partial charge is 0.392 e. The molecular weight excluding hydrogens is 220 g/mol. The zero-order valence-electron chi connectivity index (χ0n) is 9.85. The molecule has 4 heteroatoms. The zero-order chi connectivity index (χ0) is 11.4. The third kappa shape index (κ3) is 3.27. The minimum atomic E-state index is -0.137. The van der Waals surface area contributed by atoms with Crippen LogP contribution in [-0.4, -0.2) is 34.2 Å². The molecule has 1 aromatic rings. The SMILES string of the molecule is CCCc1nc(CN2CCC[C@H](O)C2)cs1. The second kappa shape index (κ2) is 5.75. The van der Waals surface area contributed by atoms with Gasteiger partial charge >= 0.3 is 0 Å². The van der Waals surface area contributed by atoms with E-state index in [9.17, 15) is 5.11 Å². The standard InChI is InChI=1S/C12H20N2OS/c1-2-4-12-13-10(9-16-12)7-14-6-3-5-11(15)8-14/h9,11,15H,2-8H2,1H3/t11-/m0/s1. The summed E-state index contributed by atoms with van der Waals surface area (Å²) in [7, 11) is 0. The first-order chi connectivity index (χ1) is 7.78. The number of β-amino-alcohol motifs (C(OH)–C–C–N with tert-alkyl or cyclic N) is 1. The molecule has 0 saturated carbocycles. The van der Waals surface area contributed by atoms with E-state index in [1.165, 1.54) is 10.7 Å². The van der Waals surface area contributed by atoms with Crippen LogP contribution in [0.5, 0.6) is 0 Å². The highest BCUT2D eigenvalue weighted by Crippen LogP contribution is 2.16. The highest BCUT2D eigenvalue weighted by Gasteiger charge is 2.18. The van der Waals surface area contributed by atoms with E-state index in [-0.39, 0.29) is 6.10 Å². The first-order valence-electron chi connectivity index (χ1n) is 6.11. The number of hydrogen-bond acceptors (Lipinski definition) is 4. The Morgan fingerprint density at radius 2 is 2.50 bits per heavy atom. The van der Waals surface area contributed by atoms with Crippen LogP contribution in [0.15, 0.2) is 5.38 Å². The molecule has 0 aliphatic carbocycles. The number of nitrogens with zero attached hydrogens (tertiary/aromatic N) is 2. The number of likely N-dealkylation sites (tertiary alicyclic amines) is 1. The van der Waals surface area contributed by atoms with Crippen LogP contribution in [0.2, 0.25) is 0 Å². The second-order valence-corrected chi connectivity index (χ2v) is 5.46. The lowest BCUT2D eigenvalue weighted by Gasteiger charge is -2.29. The van der Waals surface area contributed by atoms with Crippen LogP contribution < -0.4 is 0 Å². The number of hydrogen-bond donors (Lipinski definition) is 1. The van der Waals surface area contributed by atoms with Crippen LogP contribution in [0.3, 0.4) is 0 Å². The molecule has 1 aliphatic rings. The molecule has 0 amide bonds. The summed E-state index contributed by atoms with van der Waals surface area (Å²) in [6.45, 7) is 4.98. The van der Waals surface area contributed by atoms with Crippen molar-refractivity contribution in [1.29, 1.82) is 0 Å². The smallest absolute Gasteiger partial charge is 0.0928 e. The number of aliphatic hydroxyl groups is 1. The molecule has 1 N–H and O–H groups in total. The van der Waals surface area contributed by atoms with Crippen LogP contribution in [0.25, 0.3) is 0 Å². The normalized spacial score (nSPS) is 22.5.